The fraction of sp³-hybridized carbons (Fsp3) is 0.294. The summed E-state index contributed by atoms with van der Waals surface area (Å²) in [6.07, 6.45) is 1.66. The van der Waals surface area contributed by atoms with Crippen molar-refractivity contribution in [3.63, 3.8) is 0 Å². The molecule has 0 saturated carbocycles. The van der Waals surface area contributed by atoms with Gasteiger partial charge in [0.1, 0.15) is 11.8 Å². The van der Waals surface area contributed by atoms with Crippen molar-refractivity contribution in [3.05, 3.63) is 59.4 Å². The van der Waals surface area contributed by atoms with Crippen LogP contribution in [-0.4, -0.2) is 11.5 Å². The summed E-state index contributed by atoms with van der Waals surface area (Å²) in [7, 11) is 0. The summed E-state index contributed by atoms with van der Waals surface area (Å²) in [5.74, 6) is 0.760. The minimum atomic E-state index is 0.351. The first-order valence-electron chi connectivity index (χ1n) is 7.04. The zero-order chi connectivity index (χ0) is 15.1. The molecular formula is C17H19N3S. The number of nitrogens with zero attached hydrogens (tertiary/aromatic N) is 2. The number of pyridine rings is 1. The van der Waals surface area contributed by atoms with Crippen LogP contribution >= 0.6 is 11.8 Å². The Hall–Kier alpha value is -1.83. The van der Waals surface area contributed by atoms with Gasteiger partial charge in [0.15, 0.2) is 0 Å². The number of rotatable bonds is 6. The second-order valence-electron chi connectivity index (χ2n) is 4.76. The van der Waals surface area contributed by atoms with Crippen LogP contribution in [0.4, 0.5) is 0 Å². The fourth-order valence-electron chi connectivity index (χ4n) is 2.11. The number of thioether (sulfide) groups is 1. The van der Waals surface area contributed by atoms with Gasteiger partial charge < -0.3 is 5.32 Å². The second-order valence-corrected chi connectivity index (χ2v) is 5.81. The molecule has 1 heterocycles. The SMILES string of the molecule is CCNC(C)c1cccc(SCc2cccnc2C#N)c1. The molecule has 21 heavy (non-hydrogen) atoms. The van der Waals surface area contributed by atoms with Crippen LogP contribution < -0.4 is 5.32 Å². The Morgan fingerprint density at radius 1 is 1.33 bits per heavy atom. The van der Waals surface area contributed by atoms with E-state index in [1.54, 1.807) is 18.0 Å². The molecule has 0 amide bonds. The van der Waals surface area contributed by atoms with Crippen molar-refractivity contribution in [3.8, 4) is 6.07 Å². The van der Waals surface area contributed by atoms with Gasteiger partial charge in [0.2, 0.25) is 0 Å². The normalized spacial score (nSPS) is 11.9. The van der Waals surface area contributed by atoms with Crippen molar-refractivity contribution in [2.75, 3.05) is 6.54 Å². The van der Waals surface area contributed by atoms with Crippen molar-refractivity contribution in [2.24, 2.45) is 0 Å². The van der Waals surface area contributed by atoms with Gasteiger partial charge in [0.25, 0.3) is 0 Å². The minimum absolute atomic E-state index is 0.351. The molecule has 0 aliphatic carbocycles. The topological polar surface area (TPSA) is 48.7 Å². The van der Waals surface area contributed by atoms with Gasteiger partial charge in [-0.3, -0.25) is 0 Å². The monoisotopic (exact) mass is 297 g/mol. The standard InChI is InChI=1S/C17H19N3S/c1-3-19-13(2)14-6-4-8-16(10-14)21-12-15-7-5-9-20-17(15)11-18/h4-10,13,19H,3,12H2,1-2H3. The van der Waals surface area contributed by atoms with E-state index in [0.717, 1.165) is 17.9 Å². The summed E-state index contributed by atoms with van der Waals surface area (Å²) in [6, 6.07) is 14.9. The highest BCUT2D eigenvalue weighted by Crippen LogP contribution is 2.26. The molecule has 0 aliphatic rings. The van der Waals surface area contributed by atoms with Crippen LogP contribution in [0.1, 0.15) is 36.7 Å². The average Bonchev–Trinajstić information content (AvgIpc) is 2.53. The molecule has 3 nitrogen and oxygen atoms in total. The molecule has 0 saturated heterocycles. The summed E-state index contributed by atoms with van der Waals surface area (Å²) in [5, 5.41) is 12.5. The van der Waals surface area contributed by atoms with Crippen molar-refractivity contribution in [2.45, 2.75) is 30.5 Å². The molecule has 0 spiro atoms. The molecule has 2 rings (SSSR count). The van der Waals surface area contributed by atoms with E-state index in [4.69, 9.17) is 5.26 Å². The summed E-state index contributed by atoms with van der Waals surface area (Å²) < 4.78 is 0. The van der Waals surface area contributed by atoms with Gasteiger partial charge in [-0.2, -0.15) is 5.26 Å². The second kappa shape index (κ2) is 7.82. The molecule has 1 aromatic carbocycles. The highest BCUT2D eigenvalue weighted by atomic mass is 32.2. The first-order valence-corrected chi connectivity index (χ1v) is 8.03. The number of nitrogens with one attached hydrogen (secondary N) is 1. The molecule has 0 fully saturated rings. The molecule has 1 atom stereocenters. The third kappa shape index (κ3) is 4.32. The lowest BCUT2D eigenvalue weighted by Crippen LogP contribution is -2.17. The Bertz CT molecular complexity index is 634. The fourth-order valence-corrected chi connectivity index (χ4v) is 3.06. The molecule has 2 aromatic rings. The zero-order valence-corrected chi connectivity index (χ0v) is 13.2. The number of nitriles is 1. The Morgan fingerprint density at radius 3 is 2.95 bits per heavy atom. The maximum Gasteiger partial charge on any atom is 0.144 e. The summed E-state index contributed by atoms with van der Waals surface area (Å²) >= 11 is 1.73. The largest absolute Gasteiger partial charge is 0.310 e. The van der Waals surface area contributed by atoms with Crippen LogP contribution in [0.3, 0.4) is 0 Å². The highest BCUT2D eigenvalue weighted by Gasteiger charge is 2.06. The van der Waals surface area contributed by atoms with E-state index < -0.39 is 0 Å². The van der Waals surface area contributed by atoms with Crippen LogP contribution in [-0.2, 0) is 5.75 Å². The average molecular weight is 297 g/mol. The molecular weight excluding hydrogens is 278 g/mol. The lowest BCUT2D eigenvalue weighted by atomic mass is 10.1. The summed E-state index contributed by atoms with van der Waals surface area (Å²) in [5.41, 5.74) is 2.78. The zero-order valence-electron chi connectivity index (χ0n) is 12.3. The molecule has 0 aliphatic heterocycles. The smallest absolute Gasteiger partial charge is 0.144 e. The third-order valence-corrected chi connectivity index (χ3v) is 4.30. The van der Waals surface area contributed by atoms with Crippen molar-refractivity contribution < 1.29 is 0 Å². The highest BCUT2D eigenvalue weighted by molar-refractivity contribution is 7.98. The third-order valence-electron chi connectivity index (χ3n) is 3.26. The Balaban J connectivity index is 2.07. The Kier molecular flexibility index (Phi) is 5.79. The molecule has 1 unspecified atom stereocenters. The summed E-state index contributed by atoms with van der Waals surface area (Å²) in [4.78, 5) is 5.31. The first-order chi connectivity index (χ1) is 10.2. The number of hydrogen-bond donors (Lipinski definition) is 1. The van der Waals surface area contributed by atoms with E-state index in [1.807, 2.05) is 12.1 Å². The van der Waals surface area contributed by atoms with E-state index in [0.29, 0.717) is 11.7 Å². The van der Waals surface area contributed by atoms with E-state index in [2.05, 4.69) is 54.5 Å². The van der Waals surface area contributed by atoms with Gasteiger partial charge in [0, 0.05) is 22.9 Å². The van der Waals surface area contributed by atoms with Gasteiger partial charge in [-0.25, -0.2) is 4.98 Å². The van der Waals surface area contributed by atoms with Crippen LogP contribution in [0, 0.1) is 11.3 Å². The van der Waals surface area contributed by atoms with Gasteiger partial charge in [-0.05, 0) is 42.8 Å². The Labute approximate surface area is 130 Å². The lowest BCUT2D eigenvalue weighted by molar-refractivity contribution is 0.597. The van der Waals surface area contributed by atoms with Crippen molar-refractivity contribution >= 4 is 11.8 Å². The van der Waals surface area contributed by atoms with Crippen molar-refractivity contribution in [1.82, 2.24) is 10.3 Å². The van der Waals surface area contributed by atoms with E-state index >= 15 is 0 Å². The molecule has 0 bridgehead atoms. The van der Waals surface area contributed by atoms with Crippen molar-refractivity contribution in [1.29, 1.82) is 5.26 Å². The lowest BCUT2D eigenvalue weighted by Gasteiger charge is -2.13. The predicted molar refractivity (Wildman–Crippen MR) is 87.0 cm³/mol. The van der Waals surface area contributed by atoms with Gasteiger partial charge >= 0.3 is 0 Å². The maximum atomic E-state index is 9.06. The number of aromatic nitrogens is 1. The van der Waals surface area contributed by atoms with Crippen LogP contribution in [0.15, 0.2) is 47.5 Å². The molecule has 1 aromatic heterocycles. The molecule has 108 valence electrons. The van der Waals surface area contributed by atoms with E-state index in [-0.39, 0.29) is 0 Å². The predicted octanol–water partition coefficient (Wildman–Crippen LogP) is 3.92. The van der Waals surface area contributed by atoms with Crippen LogP contribution in [0.25, 0.3) is 0 Å². The minimum Gasteiger partial charge on any atom is -0.310 e. The first kappa shape index (κ1) is 15.6. The molecule has 0 radical (unpaired) electrons. The van der Waals surface area contributed by atoms with Crippen LogP contribution in [0.5, 0.6) is 0 Å². The summed E-state index contributed by atoms with van der Waals surface area (Å²) in [6.45, 7) is 5.24. The van der Waals surface area contributed by atoms with Gasteiger partial charge in [-0.15, -0.1) is 11.8 Å². The molecule has 1 N–H and O–H groups in total. The van der Waals surface area contributed by atoms with E-state index in [9.17, 15) is 0 Å². The van der Waals surface area contributed by atoms with E-state index in [1.165, 1.54) is 10.5 Å². The van der Waals surface area contributed by atoms with Gasteiger partial charge in [-0.1, -0.05) is 25.1 Å². The molecule has 4 heteroatoms. The number of benzene rings is 1. The number of hydrogen-bond acceptors (Lipinski definition) is 4. The Morgan fingerprint density at radius 2 is 2.19 bits per heavy atom. The van der Waals surface area contributed by atoms with Crippen LogP contribution in [0.2, 0.25) is 0 Å². The van der Waals surface area contributed by atoms with Gasteiger partial charge in [0.05, 0.1) is 0 Å². The maximum absolute atomic E-state index is 9.06. The quantitative estimate of drug-likeness (QED) is 0.821.